The maximum Gasteiger partial charge on any atom is 0.160 e. The van der Waals surface area contributed by atoms with E-state index in [4.69, 9.17) is 4.98 Å². The van der Waals surface area contributed by atoms with E-state index in [1.807, 2.05) is 42.5 Å². The molecule has 2 N–H and O–H groups in total. The van der Waals surface area contributed by atoms with Gasteiger partial charge in [0.15, 0.2) is 5.82 Å². The van der Waals surface area contributed by atoms with Crippen molar-refractivity contribution in [2.24, 2.45) is 0 Å². The number of aromatic amines is 1. The molecule has 0 bridgehead atoms. The lowest BCUT2D eigenvalue weighted by molar-refractivity contribution is 1.12. The van der Waals surface area contributed by atoms with Gasteiger partial charge in [-0.25, -0.2) is 4.98 Å². The zero-order chi connectivity index (χ0) is 19.6. The highest BCUT2D eigenvalue weighted by molar-refractivity contribution is 5.91. The third-order valence-electron chi connectivity index (χ3n) is 5.05. The van der Waals surface area contributed by atoms with Gasteiger partial charge in [0.05, 0.1) is 16.9 Å². The summed E-state index contributed by atoms with van der Waals surface area (Å²) in [7, 11) is 0. The normalized spacial score (nSPS) is 10.9. The molecule has 0 saturated carbocycles. The number of aromatic nitrogens is 3. The van der Waals surface area contributed by atoms with E-state index in [1.165, 1.54) is 5.56 Å². The van der Waals surface area contributed by atoms with Gasteiger partial charge in [-0.2, -0.15) is 5.10 Å². The SMILES string of the molecule is Cc1ccccc1-c1cc(Nc2n[nH]c3ccccc23)cc(-c2ccccc2)n1. The molecule has 0 unspecified atom stereocenters. The molecular formula is C25H20N4. The van der Waals surface area contributed by atoms with Gasteiger partial charge in [-0.1, -0.05) is 66.7 Å². The minimum atomic E-state index is 0.807. The number of nitrogens with one attached hydrogen (secondary N) is 2. The molecule has 4 nitrogen and oxygen atoms in total. The largest absolute Gasteiger partial charge is 0.338 e. The summed E-state index contributed by atoms with van der Waals surface area (Å²) in [5.74, 6) is 0.807. The van der Waals surface area contributed by atoms with E-state index in [0.717, 1.165) is 44.9 Å². The number of H-pyrrole nitrogens is 1. The first kappa shape index (κ1) is 17.2. The summed E-state index contributed by atoms with van der Waals surface area (Å²) in [5, 5.41) is 12.1. The molecule has 2 heterocycles. The second-order valence-electron chi connectivity index (χ2n) is 7.05. The zero-order valence-electron chi connectivity index (χ0n) is 16.1. The van der Waals surface area contributed by atoms with Crippen molar-refractivity contribution in [2.45, 2.75) is 6.92 Å². The quantitative estimate of drug-likeness (QED) is 0.384. The molecule has 5 rings (SSSR count). The van der Waals surface area contributed by atoms with Crippen LogP contribution in [0.2, 0.25) is 0 Å². The minimum Gasteiger partial charge on any atom is -0.338 e. The van der Waals surface area contributed by atoms with Crippen LogP contribution in [-0.4, -0.2) is 15.2 Å². The molecule has 29 heavy (non-hydrogen) atoms. The van der Waals surface area contributed by atoms with Crippen molar-refractivity contribution in [1.29, 1.82) is 0 Å². The summed E-state index contributed by atoms with van der Waals surface area (Å²) in [6.07, 6.45) is 0. The molecule has 5 aromatic rings. The van der Waals surface area contributed by atoms with Crippen molar-refractivity contribution in [1.82, 2.24) is 15.2 Å². The van der Waals surface area contributed by atoms with Crippen molar-refractivity contribution in [3.05, 3.63) is 96.6 Å². The molecule has 0 amide bonds. The van der Waals surface area contributed by atoms with Crippen LogP contribution in [0.3, 0.4) is 0 Å². The molecule has 3 aromatic carbocycles. The van der Waals surface area contributed by atoms with Gasteiger partial charge in [0.25, 0.3) is 0 Å². The molecule has 0 aliphatic rings. The summed E-state index contributed by atoms with van der Waals surface area (Å²) >= 11 is 0. The van der Waals surface area contributed by atoms with Crippen LogP contribution in [0.5, 0.6) is 0 Å². The Balaban J connectivity index is 1.64. The fourth-order valence-electron chi connectivity index (χ4n) is 3.55. The second-order valence-corrected chi connectivity index (χ2v) is 7.05. The van der Waals surface area contributed by atoms with Gasteiger partial charge in [-0.05, 0) is 36.8 Å². The lowest BCUT2D eigenvalue weighted by atomic mass is 10.0. The number of rotatable bonds is 4. The molecule has 0 aliphatic carbocycles. The molecule has 4 heteroatoms. The fourth-order valence-corrected chi connectivity index (χ4v) is 3.55. The third kappa shape index (κ3) is 3.36. The van der Waals surface area contributed by atoms with Gasteiger partial charge < -0.3 is 5.32 Å². The Morgan fingerprint density at radius 2 is 1.48 bits per heavy atom. The molecule has 0 radical (unpaired) electrons. The van der Waals surface area contributed by atoms with Crippen LogP contribution in [0, 0.1) is 6.92 Å². The van der Waals surface area contributed by atoms with Crippen molar-refractivity contribution < 1.29 is 0 Å². The number of hydrogen-bond acceptors (Lipinski definition) is 3. The Hall–Kier alpha value is -3.92. The lowest BCUT2D eigenvalue weighted by Gasteiger charge is -2.12. The van der Waals surface area contributed by atoms with Crippen molar-refractivity contribution in [3.63, 3.8) is 0 Å². The summed E-state index contributed by atoms with van der Waals surface area (Å²) in [6, 6.07) is 30.8. The monoisotopic (exact) mass is 376 g/mol. The summed E-state index contributed by atoms with van der Waals surface area (Å²) in [6.45, 7) is 2.11. The molecule has 0 aliphatic heterocycles. The summed E-state index contributed by atoms with van der Waals surface area (Å²) < 4.78 is 0. The van der Waals surface area contributed by atoms with Crippen LogP contribution in [0.4, 0.5) is 11.5 Å². The Labute approximate surface area is 169 Å². The number of nitrogens with zero attached hydrogens (tertiary/aromatic N) is 2. The average Bonchev–Trinajstić information content (AvgIpc) is 3.17. The Morgan fingerprint density at radius 1 is 0.759 bits per heavy atom. The van der Waals surface area contributed by atoms with E-state index in [0.29, 0.717) is 0 Å². The molecule has 2 aromatic heterocycles. The predicted octanol–water partition coefficient (Wildman–Crippen LogP) is 6.34. The van der Waals surface area contributed by atoms with Gasteiger partial charge in [0, 0.05) is 22.2 Å². The Bertz CT molecular complexity index is 1290. The first-order valence-electron chi connectivity index (χ1n) is 9.61. The van der Waals surface area contributed by atoms with Gasteiger partial charge in [0.1, 0.15) is 0 Å². The predicted molar refractivity (Wildman–Crippen MR) is 119 cm³/mol. The fraction of sp³-hybridized carbons (Fsp3) is 0.0400. The first-order valence-corrected chi connectivity index (χ1v) is 9.61. The zero-order valence-corrected chi connectivity index (χ0v) is 16.1. The molecule has 0 atom stereocenters. The average molecular weight is 376 g/mol. The molecule has 0 fully saturated rings. The number of hydrogen-bond donors (Lipinski definition) is 2. The summed E-state index contributed by atoms with van der Waals surface area (Å²) in [5.41, 5.74) is 7.22. The first-order chi connectivity index (χ1) is 14.3. The highest BCUT2D eigenvalue weighted by Gasteiger charge is 2.11. The van der Waals surface area contributed by atoms with Crippen LogP contribution in [0.15, 0.2) is 91.0 Å². The van der Waals surface area contributed by atoms with E-state index < -0.39 is 0 Å². The van der Waals surface area contributed by atoms with Crippen LogP contribution >= 0.6 is 0 Å². The molecule has 140 valence electrons. The van der Waals surface area contributed by atoms with Crippen molar-refractivity contribution in [2.75, 3.05) is 5.32 Å². The van der Waals surface area contributed by atoms with Crippen LogP contribution < -0.4 is 5.32 Å². The number of pyridine rings is 1. The lowest BCUT2D eigenvalue weighted by Crippen LogP contribution is -1.96. The van der Waals surface area contributed by atoms with Crippen LogP contribution in [0.25, 0.3) is 33.4 Å². The van der Waals surface area contributed by atoms with Gasteiger partial charge in [-0.15, -0.1) is 0 Å². The van der Waals surface area contributed by atoms with E-state index in [-0.39, 0.29) is 0 Å². The number of para-hydroxylation sites is 1. The van der Waals surface area contributed by atoms with Crippen molar-refractivity contribution >= 4 is 22.4 Å². The number of anilines is 2. The number of fused-ring (bicyclic) bond motifs is 1. The third-order valence-corrected chi connectivity index (χ3v) is 5.05. The Kier molecular flexibility index (Phi) is 4.30. The standard InChI is InChI=1S/C25H20N4/c1-17-9-5-6-12-20(17)24-16-19(15-23(27-24)18-10-3-2-4-11-18)26-25-21-13-7-8-14-22(21)28-29-25/h2-16H,1H3,(H2,26,27,28,29). The van der Waals surface area contributed by atoms with Crippen LogP contribution in [-0.2, 0) is 0 Å². The van der Waals surface area contributed by atoms with Crippen molar-refractivity contribution in [3.8, 4) is 22.5 Å². The maximum absolute atomic E-state index is 4.96. The highest BCUT2D eigenvalue weighted by Crippen LogP contribution is 2.31. The smallest absolute Gasteiger partial charge is 0.160 e. The Morgan fingerprint density at radius 3 is 2.34 bits per heavy atom. The molecule has 0 saturated heterocycles. The van der Waals surface area contributed by atoms with E-state index in [1.54, 1.807) is 0 Å². The number of benzene rings is 3. The molecular weight excluding hydrogens is 356 g/mol. The van der Waals surface area contributed by atoms with E-state index in [2.05, 4.69) is 71.0 Å². The highest BCUT2D eigenvalue weighted by atomic mass is 15.2. The maximum atomic E-state index is 4.96. The van der Waals surface area contributed by atoms with E-state index >= 15 is 0 Å². The van der Waals surface area contributed by atoms with E-state index in [9.17, 15) is 0 Å². The summed E-state index contributed by atoms with van der Waals surface area (Å²) in [4.78, 5) is 4.96. The van der Waals surface area contributed by atoms with Crippen LogP contribution in [0.1, 0.15) is 5.56 Å². The molecule has 0 spiro atoms. The second kappa shape index (κ2) is 7.24. The topological polar surface area (TPSA) is 53.6 Å². The minimum absolute atomic E-state index is 0.807. The van der Waals surface area contributed by atoms with Gasteiger partial charge in [-0.3, -0.25) is 5.10 Å². The van der Waals surface area contributed by atoms with Gasteiger partial charge in [0.2, 0.25) is 0 Å². The number of aryl methyl sites for hydroxylation is 1. The van der Waals surface area contributed by atoms with Gasteiger partial charge >= 0.3 is 0 Å².